The monoisotopic (exact) mass is 398 g/mol. The van der Waals surface area contributed by atoms with Gasteiger partial charge in [-0.2, -0.15) is 0 Å². The molecular formula is C22H30N4OS. The van der Waals surface area contributed by atoms with Gasteiger partial charge < -0.3 is 10.6 Å². The number of carbonyl (C=O) groups excluding carboxylic acids is 1. The quantitative estimate of drug-likeness (QED) is 0.809. The van der Waals surface area contributed by atoms with Gasteiger partial charge in [-0.25, -0.2) is 0 Å². The third-order valence-corrected chi connectivity index (χ3v) is 6.95. The van der Waals surface area contributed by atoms with E-state index in [-0.39, 0.29) is 5.91 Å². The minimum absolute atomic E-state index is 0.264. The van der Waals surface area contributed by atoms with Gasteiger partial charge in [-0.15, -0.1) is 11.3 Å². The Hall–Kier alpha value is -1.73. The van der Waals surface area contributed by atoms with Crippen LogP contribution in [0, 0.1) is 5.92 Å². The summed E-state index contributed by atoms with van der Waals surface area (Å²) in [5.74, 6) is 1.12. The summed E-state index contributed by atoms with van der Waals surface area (Å²) in [6, 6.07) is 14.9. The van der Waals surface area contributed by atoms with Gasteiger partial charge in [0.15, 0.2) is 0 Å². The van der Waals surface area contributed by atoms with E-state index in [0.29, 0.717) is 24.9 Å². The van der Waals surface area contributed by atoms with E-state index in [2.05, 4.69) is 57.6 Å². The van der Waals surface area contributed by atoms with Gasteiger partial charge in [0.25, 0.3) is 0 Å². The van der Waals surface area contributed by atoms with E-state index in [1.165, 1.54) is 10.4 Å². The van der Waals surface area contributed by atoms with Gasteiger partial charge in [-0.1, -0.05) is 36.4 Å². The Bertz CT molecular complexity index is 743. The molecule has 6 heteroatoms. The highest BCUT2D eigenvalue weighted by Crippen LogP contribution is 2.31. The first kappa shape index (κ1) is 19.6. The minimum Gasteiger partial charge on any atom is -0.339 e. The summed E-state index contributed by atoms with van der Waals surface area (Å²) in [6.07, 6.45) is 0. The van der Waals surface area contributed by atoms with Crippen LogP contribution in [0.5, 0.6) is 0 Å². The van der Waals surface area contributed by atoms with Gasteiger partial charge in [0.1, 0.15) is 0 Å². The maximum absolute atomic E-state index is 12.9. The fraction of sp³-hybridized carbons (Fsp3) is 0.500. The molecule has 2 atom stereocenters. The number of rotatable bonds is 6. The van der Waals surface area contributed by atoms with Crippen LogP contribution >= 0.6 is 11.3 Å². The maximum atomic E-state index is 12.9. The molecule has 0 bridgehead atoms. The van der Waals surface area contributed by atoms with Crippen LogP contribution in [0.1, 0.15) is 16.4 Å². The van der Waals surface area contributed by atoms with Crippen molar-refractivity contribution in [2.75, 3.05) is 52.4 Å². The summed E-state index contributed by atoms with van der Waals surface area (Å²) in [5, 5.41) is 2.13. The first-order valence-corrected chi connectivity index (χ1v) is 11.1. The van der Waals surface area contributed by atoms with Crippen LogP contribution in [0.4, 0.5) is 0 Å². The van der Waals surface area contributed by atoms with E-state index in [0.717, 1.165) is 45.8 Å². The van der Waals surface area contributed by atoms with Crippen molar-refractivity contribution in [1.29, 1.82) is 0 Å². The van der Waals surface area contributed by atoms with Crippen molar-refractivity contribution in [3.05, 3.63) is 58.3 Å². The Labute approximate surface area is 171 Å². The number of thiophene rings is 1. The number of likely N-dealkylation sites (tertiary alicyclic amines) is 1. The highest BCUT2D eigenvalue weighted by Gasteiger charge is 2.34. The number of amides is 1. The van der Waals surface area contributed by atoms with Crippen molar-refractivity contribution in [2.45, 2.75) is 12.5 Å². The normalized spacial score (nSPS) is 24.0. The Morgan fingerprint density at radius 3 is 2.46 bits per heavy atom. The third kappa shape index (κ3) is 4.63. The molecule has 1 amide bonds. The topological polar surface area (TPSA) is 52.8 Å². The van der Waals surface area contributed by atoms with Crippen LogP contribution < -0.4 is 5.73 Å². The SMILES string of the molecule is NC[C@@H]1CN(CC(=O)N2CCN(Cc3cccs3)CC2)C[C@H]1c1ccccc1. The first-order valence-electron chi connectivity index (χ1n) is 10.2. The molecule has 2 aliphatic heterocycles. The minimum atomic E-state index is 0.264. The Balaban J connectivity index is 1.27. The number of nitrogens with two attached hydrogens (primary N) is 1. The molecule has 4 rings (SSSR count). The van der Waals surface area contributed by atoms with Crippen molar-refractivity contribution in [3.8, 4) is 0 Å². The second-order valence-corrected chi connectivity index (χ2v) is 8.98. The van der Waals surface area contributed by atoms with Gasteiger partial charge in [-0.05, 0) is 29.5 Å². The van der Waals surface area contributed by atoms with Gasteiger partial charge in [0.2, 0.25) is 5.91 Å². The lowest BCUT2D eigenvalue weighted by atomic mass is 9.89. The zero-order chi connectivity index (χ0) is 19.3. The lowest BCUT2D eigenvalue weighted by Gasteiger charge is -2.35. The molecule has 2 fully saturated rings. The summed E-state index contributed by atoms with van der Waals surface area (Å²) in [7, 11) is 0. The van der Waals surface area contributed by atoms with Gasteiger partial charge in [0, 0.05) is 56.6 Å². The number of carbonyl (C=O) groups is 1. The zero-order valence-electron chi connectivity index (χ0n) is 16.4. The predicted octanol–water partition coefficient (Wildman–Crippen LogP) is 2.07. The predicted molar refractivity (Wildman–Crippen MR) is 114 cm³/mol. The zero-order valence-corrected chi connectivity index (χ0v) is 17.2. The van der Waals surface area contributed by atoms with E-state index in [9.17, 15) is 4.79 Å². The van der Waals surface area contributed by atoms with E-state index in [1.54, 1.807) is 11.3 Å². The summed E-state index contributed by atoms with van der Waals surface area (Å²) < 4.78 is 0. The lowest BCUT2D eigenvalue weighted by molar-refractivity contribution is -0.134. The number of hydrogen-bond acceptors (Lipinski definition) is 5. The highest BCUT2D eigenvalue weighted by atomic mass is 32.1. The van der Waals surface area contributed by atoms with Crippen molar-refractivity contribution in [1.82, 2.24) is 14.7 Å². The number of nitrogens with zero attached hydrogens (tertiary/aromatic N) is 3. The van der Waals surface area contributed by atoms with Crippen molar-refractivity contribution in [3.63, 3.8) is 0 Å². The summed E-state index contributed by atoms with van der Waals surface area (Å²) in [6.45, 7) is 7.62. The number of benzene rings is 1. The largest absolute Gasteiger partial charge is 0.339 e. The molecule has 0 unspecified atom stereocenters. The van der Waals surface area contributed by atoms with E-state index >= 15 is 0 Å². The Kier molecular flexibility index (Phi) is 6.42. The fourth-order valence-corrected chi connectivity index (χ4v) is 5.22. The average molecular weight is 399 g/mol. The molecule has 0 radical (unpaired) electrons. The van der Waals surface area contributed by atoms with Crippen LogP contribution in [-0.4, -0.2) is 73.0 Å². The molecule has 5 nitrogen and oxygen atoms in total. The molecule has 0 aliphatic carbocycles. The molecule has 1 aromatic heterocycles. The molecule has 150 valence electrons. The summed E-state index contributed by atoms with van der Waals surface area (Å²) in [4.78, 5) is 21.0. The molecule has 28 heavy (non-hydrogen) atoms. The van der Waals surface area contributed by atoms with Gasteiger partial charge in [0.05, 0.1) is 6.54 Å². The Morgan fingerprint density at radius 1 is 1.00 bits per heavy atom. The third-order valence-electron chi connectivity index (χ3n) is 6.09. The second kappa shape index (κ2) is 9.18. The Morgan fingerprint density at radius 2 is 1.79 bits per heavy atom. The van der Waals surface area contributed by atoms with Gasteiger partial charge in [-0.3, -0.25) is 14.6 Å². The van der Waals surface area contributed by atoms with Crippen LogP contribution in [0.3, 0.4) is 0 Å². The fourth-order valence-electron chi connectivity index (χ4n) is 4.48. The second-order valence-electron chi connectivity index (χ2n) is 7.94. The first-order chi connectivity index (χ1) is 13.7. The summed E-state index contributed by atoms with van der Waals surface area (Å²) in [5.41, 5.74) is 7.38. The van der Waals surface area contributed by atoms with Crippen molar-refractivity contribution < 1.29 is 4.79 Å². The van der Waals surface area contributed by atoms with E-state index < -0.39 is 0 Å². The van der Waals surface area contributed by atoms with E-state index in [1.807, 2.05) is 4.90 Å². The smallest absolute Gasteiger partial charge is 0.236 e. The van der Waals surface area contributed by atoms with Crippen molar-refractivity contribution in [2.24, 2.45) is 11.7 Å². The van der Waals surface area contributed by atoms with Crippen LogP contribution in [0.15, 0.2) is 47.8 Å². The van der Waals surface area contributed by atoms with Crippen LogP contribution in [0.25, 0.3) is 0 Å². The maximum Gasteiger partial charge on any atom is 0.236 e. The molecule has 0 saturated carbocycles. The van der Waals surface area contributed by atoms with Gasteiger partial charge >= 0.3 is 0 Å². The average Bonchev–Trinajstić information content (AvgIpc) is 3.39. The lowest BCUT2D eigenvalue weighted by Crippen LogP contribution is -2.50. The molecule has 2 N–H and O–H groups in total. The molecule has 0 spiro atoms. The molecule has 2 aliphatic rings. The summed E-state index contributed by atoms with van der Waals surface area (Å²) >= 11 is 1.81. The number of piperazine rings is 1. The van der Waals surface area contributed by atoms with Crippen LogP contribution in [-0.2, 0) is 11.3 Å². The van der Waals surface area contributed by atoms with Crippen LogP contribution in [0.2, 0.25) is 0 Å². The highest BCUT2D eigenvalue weighted by molar-refractivity contribution is 7.09. The molecule has 2 saturated heterocycles. The molecule has 3 heterocycles. The molecule has 2 aromatic rings. The van der Waals surface area contributed by atoms with Crippen molar-refractivity contribution >= 4 is 17.2 Å². The standard InChI is InChI=1S/C22H30N4OS/c23-13-19-14-25(16-21(19)18-5-2-1-3-6-18)17-22(27)26-10-8-24(9-11-26)15-20-7-4-12-28-20/h1-7,12,19,21H,8-11,13-17,23H2/t19-,21+/m1/s1. The number of hydrogen-bond donors (Lipinski definition) is 1. The van der Waals surface area contributed by atoms with E-state index in [4.69, 9.17) is 5.73 Å². The molecular weight excluding hydrogens is 368 g/mol. The molecule has 1 aromatic carbocycles.